The maximum atomic E-state index is 13.3. The molecule has 0 saturated heterocycles. The first-order valence-electron chi connectivity index (χ1n) is 6.42. The molecule has 2 aromatic rings. The number of hydrogen-bond donors (Lipinski definition) is 2. The minimum atomic E-state index is -4.43. The zero-order valence-corrected chi connectivity index (χ0v) is 11.5. The van der Waals surface area contributed by atoms with Crippen LogP contribution in [0.2, 0.25) is 0 Å². The zero-order valence-electron chi connectivity index (χ0n) is 11.5. The monoisotopic (exact) mass is 330 g/mol. The summed E-state index contributed by atoms with van der Waals surface area (Å²) in [4.78, 5) is 11.6. The first-order chi connectivity index (χ1) is 10.8. The van der Waals surface area contributed by atoms with Gasteiger partial charge in [-0.25, -0.2) is 13.6 Å². The van der Waals surface area contributed by atoms with Crippen LogP contribution < -0.4 is 10.6 Å². The molecule has 0 atom stereocenters. The van der Waals surface area contributed by atoms with E-state index in [0.29, 0.717) is 5.56 Å². The van der Waals surface area contributed by atoms with Crippen LogP contribution in [0.25, 0.3) is 0 Å². The van der Waals surface area contributed by atoms with Gasteiger partial charge in [-0.2, -0.15) is 13.2 Å². The molecule has 2 N–H and O–H groups in total. The Balaban J connectivity index is 1.93. The van der Waals surface area contributed by atoms with Gasteiger partial charge in [-0.3, -0.25) is 0 Å². The van der Waals surface area contributed by atoms with E-state index in [9.17, 15) is 26.7 Å². The summed E-state index contributed by atoms with van der Waals surface area (Å²) in [5, 5.41) is 4.44. The molecular formula is C15H11F5N2O. The summed E-state index contributed by atoms with van der Waals surface area (Å²) >= 11 is 0. The van der Waals surface area contributed by atoms with Crippen LogP contribution in [0.3, 0.4) is 0 Å². The number of halogens is 5. The van der Waals surface area contributed by atoms with Gasteiger partial charge in [-0.1, -0.05) is 12.1 Å². The predicted octanol–water partition coefficient (Wildman–Crippen LogP) is 4.31. The van der Waals surface area contributed by atoms with Crippen molar-refractivity contribution in [1.82, 2.24) is 5.32 Å². The molecule has 122 valence electrons. The van der Waals surface area contributed by atoms with Crippen LogP contribution >= 0.6 is 0 Å². The van der Waals surface area contributed by atoms with Crippen molar-refractivity contribution in [3.63, 3.8) is 0 Å². The lowest BCUT2D eigenvalue weighted by Gasteiger charge is -2.10. The molecule has 8 heteroatoms. The lowest BCUT2D eigenvalue weighted by Crippen LogP contribution is -2.28. The molecule has 23 heavy (non-hydrogen) atoms. The molecule has 0 aliphatic rings. The summed E-state index contributed by atoms with van der Waals surface area (Å²) in [6.45, 7) is -0.0685. The number of alkyl halides is 3. The number of benzene rings is 2. The second kappa shape index (κ2) is 6.64. The van der Waals surface area contributed by atoms with Gasteiger partial charge in [-0.15, -0.1) is 0 Å². The van der Waals surface area contributed by atoms with Crippen LogP contribution in [0.15, 0.2) is 42.5 Å². The molecule has 0 aromatic heterocycles. The summed E-state index contributed by atoms with van der Waals surface area (Å²) < 4.78 is 63.5. The molecule has 0 aliphatic carbocycles. The van der Waals surface area contributed by atoms with Gasteiger partial charge in [0.15, 0.2) is 0 Å². The van der Waals surface area contributed by atoms with E-state index >= 15 is 0 Å². The van der Waals surface area contributed by atoms with E-state index in [1.165, 1.54) is 12.1 Å². The molecule has 2 rings (SSSR count). The summed E-state index contributed by atoms with van der Waals surface area (Å²) in [5.41, 5.74) is -0.713. The Morgan fingerprint density at radius 1 is 1.00 bits per heavy atom. The quantitative estimate of drug-likeness (QED) is 0.809. The van der Waals surface area contributed by atoms with E-state index < -0.39 is 29.4 Å². The molecule has 0 heterocycles. The molecule has 0 saturated carbocycles. The minimum absolute atomic E-state index is 0.0685. The Morgan fingerprint density at radius 3 is 2.26 bits per heavy atom. The molecule has 2 amide bonds. The highest BCUT2D eigenvalue weighted by atomic mass is 19.4. The van der Waals surface area contributed by atoms with Crippen LogP contribution in [-0.2, 0) is 12.7 Å². The van der Waals surface area contributed by atoms with Gasteiger partial charge in [-0.05, 0) is 29.8 Å². The lowest BCUT2D eigenvalue weighted by molar-refractivity contribution is -0.137. The fourth-order valence-electron chi connectivity index (χ4n) is 1.75. The number of anilines is 1. The largest absolute Gasteiger partial charge is 0.416 e. The van der Waals surface area contributed by atoms with E-state index in [0.717, 1.165) is 30.3 Å². The van der Waals surface area contributed by atoms with Crippen molar-refractivity contribution in [2.45, 2.75) is 12.7 Å². The van der Waals surface area contributed by atoms with Crippen molar-refractivity contribution in [1.29, 1.82) is 0 Å². The number of urea groups is 1. The Labute approximate surface area is 128 Å². The minimum Gasteiger partial charge on any atom is -0.334 e. The average molecular weight is 330 g/mol. The molecule has 0 spiro atoms. The van der Waals surface area contributed by atoms with Crippen LogP contribution in [0.4, 0.5) is 32.4 Å². The maximum Gasteiger partial charge on any atom is 0.416 e. The highest BCUT2D eigenvalue weighted by Gasteiger charge is 2.29. The van der Waals surface area contributed by atoms with Gasteiger partial charge in [0.05, 0.1) is 11.3 Å². The van der Waals surface area contributed by atoms with Crippen LogP contribution in [0.5, 0.6) is 0 Å². The van der Waals surface area contributed by atoms with Crippen LogP contribution in [0, 0.1) is 11.6 Å². The molecular weight excluding hydrogens is 319 g/mol. The highest BCUT2D eigenvalue weighted by Crippen LogP contribution is 2.29. The number of rotatable bonds is 3. The third kappa shape index (κ3) is 4.67. The van der Waals surface area contributed by atoms with Crippen LogP contribution in [0.1, 0.15) is 11.1 Å². The number of carbonyl (C=O) groups is 1. The maximum absolute atomic E-state index is 13.3. The Kier molecular flexibility index (Phi) is 4.83. The van der Waals surface area contributed by atoms with Gasteiger partial charge < -0.3 is 10.6 Å². The summed E-state index contributed by atoms with van der Waals surface area (Å²) in [7, 11) is 0. The predicted molar refractivity (Wildman–Crippen MR) is 73.7 cm³/mol. The van der Waals surface area contributed by atoms with E-state index in [-0.39, 0.29) is 12.2 Å². The van der Waals surface area contributed by atoms with E-state index in [1.807, 2.05) is 0 Å². The second-order valence-electron chi connectivity index (χ2n) is 4.63. The van der Waals surface area contributed by atoms with E-state index in [1.54, 1.807) is 0 Å². The number of nitrogens with one attached hydrogen (secondary N) is 2. The summed E-state index contributed by atoms with van der Waals surface area (Å²) in [5.74, 6) is -1.53. The Morgan fingerprint density at radius 2 is 1.65 bits per heavy atom. The number of hydrogen-bond acceptors (Lipinski definition) is 1. The fourth-order valence-corrected chi connectivity index (χ4v) is 1.75. The SMILES string of the molecule is O=C(NCc1ccc(C(F)(F)F)cc1)Nc1cc(F)ccc1F. The first-order valence-corrected chi connectivity index (χ1v) is 6.42. The van der Waals surface area contributed by atoms with Crippen molar-refractivity contribution in [3.8, 4) is 0 Å². The molecule has 3 nitrogen and oxygen atoms in total. The summed E-state index contributed by atoms with van der Waals surface area (Å²) in [6, 6.07) is 5.98. The molecule has 0 bridgehead atoms. The third-order valence-corrected chi connectivity index (χ3v) is 2.91. The Bertz CT molecular complexity index is 698. The van der Waals surface area contributed by atoms with Gasteiger partial charge in [0.2, 0.25) is 0 Å². The molecule has 0 fully saturated rings. The lowest BCUT2D eigenvalue weighted by atomic mass is 10.1. The number of carbonyl (C=O) groups excluding carboxylic acids is 1. The zero-order chi connectivity index (χ0) is 17.0. The van der Waals surface area contributed by atoms with Crippen LogP contribution in [-0.4, -0.2) is 6.03 Å². The highest BCUT2D eigenvalue weighted by molar-refractivity contribution is 5.89. The molecule has 0 unspecified atom stereocenters. The fraction of sp³-hybridized carbons (Fsp3) is 0.133. The number of amides is 2. The van der Waals surface area contributed by atoms with E-state index in [4.69, 9.17) is 0 Å². The third-order valence-electron chi connectivity index (χ3n) is 2.91. The molecule has 0 aliphatic heterocycles. The van der Waals surface area contributed by atoms with Crippen molar-refractivity contribution >= 4 is 11.7 Å². The van der Waals surface area contributed by atoms with Crippen molar-refractivity contribution < 1.29 is 26.7 Å². The summed E-state index contributed by atoms with van der Waals surface area (Å²) in [6.07, 6.45) is -4.43. The van der Waals surface area contributed by atoms with Crippen molar-refractivity contribution in [2.24, 2.45) is 0 Å². The van der Waals surface area contributed by atoms with Gasteiger partial charge in [0, 0.05) is 12.6 Å². The first kappa shape index (κ1) is 16.7. The Hall–Kier alpha value is -2.64. The van der Waals surface area contributed by atoms with Gasteiger partial charge >= 0.3 is 12.2 Å². The topological polar surface area (TPSA) is 41.1 Å². The molecule has 0 radical (unpaired) electrons. The standard InChI is InChI=1S/C15H11F5N2O/c16-11-5-6-12(17)13(7-11)22-14(23)21-8-9-1-3-10(4-2-9)15(18,19)20/h1-7H,8H2,(H2,21,22,23). The average Bonchev–Trinajstić information content (AvgIpc) is 2.48. The van der Waals surface area contributed by atoms with E-state index in [2.05, 4.69) is 10.6 Å². The second-order valence-corrected chi connectivity index (χ2v) is 4.63. The van der Waals surface area contributed by atoms with Gasteiger partial charge in [0.25, 0.3) is 0 Å². The van der Waals surface area contributed by atoms with Gasteiger partial charge in [0.1, 0.15) is 11.6 Å². The van der Waals surface area contributed by atoms with Crippen molar-refractivity contribution in [3.05, 3.63) is 65.2 Å². The smallest absolute Gasteiger partial charge is 0.334 e. The molecule has 2 aromatic carbocycles. The normalized spacial score (nSPS) is 11.2. The van der Waals surface area contributed by atoms with Crippen molar-refractivity contribution in [2.75, 3.05) is 5.32 Å².